The molecule has 0 fully saturated rings. The van der Waals surface area contributed by atoms with Crippen molar-refractivity contribution in [2.45, 2.75) is 11.8 Å². The average molecular weight is 249 g/mol. The van der Waals surface area contributed by atoms with Crippen molar-refractivity contribution in [3.05, 3.63) is 28.8 Å². The van der Waals surface area contributed by atoms with Gasteiger partial charge >= 0.3 is 5.97 Å². The lowest BCUT2D eigenvalue weighted by Gasteiger charge is -2.10. The SMILES string of the molecule is COc1ccc(Cl)cc1CC(Cl)C(=O)O. The van der Waals surface area contributed by atoms with Gasteiger partial charge in [-0.3, -0.25) is 4.79 Å². The first-order valence-electron chi connectivity index (χ1n) is 4.24. The molecule has 3 nitrogen and oxygen atoms in total. The first-order valence-corrected chi connectivity index (χ1v) is 5.05. The summed E-state index contributed by atoms with van der Waals surface area (Å²) in [6, 6.07) is 5.01. The molecule has 15 heavy (non-hydrogen) atoms. The lowest BCUT2D eigenvalue weighted by molar-refractivity contribution is -0.136. The van der Waals surface area contributed by atoms with Crippen LogP contribution in [0.5, 0.6) is 5.75 Å². The maximum atomic E-state index is 10.6. The number of ether oxygens (including phenoxy) is 1. The Bertz CT molecular complexity index is 366. The molecule has 1 unspecified atom stereocenters. The van der Waals surface area contributed by atoms with Crippen LogP contribution in [0, 0.1) is 0 Å². The number of aliphatic carboxylic acids is 1. The van der Waals surface area contributed by atoms with Crippen molar-refractivity contribution in [1.82, 2.24) is 0 Å². The number of rotatable bonds is 4. The molecule has 0 aromatic heterocycles. The molecule has 1 aromatic carbocycles. The highest BCUT2D eigenvalue weighted by Crippen LogP contribution is 2.24. The molecule has 0 spiro atoms. The maximum absolute atomic E-state index is 10.6. The van der Waals surface area contributed by atoms with Crippen LogP contribution in [0.1, 0.15) is 5.56 Å². The van der Waals surface area contributed by atoms with Crippen molar-refractivity contribution in [1.29, 1.82) is 0 Å². The maximum Gasteiger partial charge on any atom is 0.321 e. The molecule has 1 atom stereocenters. The van der Waals surface area contributed by atoms with E-state index in [9.17, 15) is 4.79 Å². The van der Waals surface area contributed by atoms with Gasteiger partial charge in [-0.25, -0.2) is 0 Å². The molecule has 1 N–H and O–H groups in total. The van der Waals surface area contributed by atoms with Gasteiger partial charge in [0.1, 0.15) is 11.1 Å². The Morgan fingerprint density at radius 2 is 2.27 bits per heavy atom. The monoisotopic (exact) mass is 248 g/mol. The molecule has 1 rings (SSSR count). The van der Waals surface area contributed by atoms with Crippen LogP contribution in [0.15, 0.2) is 18.2 Å². The van der Waals surface area contributed by atoms with Crippen LogP contribution in [0.25, 0.3) is 0 Å². The Morgan fingerprint density at radius 3 is 2.80 bits per heavy atom. The molecule has 5 heteroatoms. The minimum atomic E-state index is -1.06. The highest BCUT2D eigenvalue weighted by atomic mass is 35.5. The van der Waals surface area contributed by atoms with E-state index in [1.165, 1.54) is 7.11 Å². The Kier molecular flexibility index (Phi) is 4.24. The zero-order valence-corrected chi connectivity index (χ0v) is 9.55. The summed E-state index contributed by atoms with van der Waals surface area (Å²) in [6.45, 7) is 0. The summed E-state index contributed by atoms with van der Waals surface area (Å²) in [7, 11) is 1.51. The van der Waals surface area contributed by atoms with Crippen LogP contribution >= 0.6 is 23.2 Å². The third-order valence-corrected chi connectivity index (χ3v) is 2.49. The number of benzene rings is 1. The molecule has 0 aliphatic carbocycles. The first-order chi connectivity index (χ1) is 7.04. The quantitative estimate of drug-likeness (QED) is 0.834. The molecular formula is C10H10Cl2O3. The Morgan fingerprint density at radius 1 is 1.60 bits per heavy atom. The van der Waals surface area contributed by atoms with Crippen LogP contribution in [0.3, 0.4) is 0 Å². The zero-order valence-electron chi connectivity index (χ0n) is 8.04. The van der Waals surface area contributed by atoms with Crippen LogP contribution in [-0.2, 0) is 11.2 Å². The number of carbonyl (C=O) groups is 1. The van der Waals surface area contributed by atoms with Gasteiger partial charge in [0.15, 0.2) is 0 Å². The number of halogens is 2. The number of methoxy groups -OCH3 is 1. The zero-order chi connectivity index (χ0) is 11.4. The van der Waals surface area contributed by atoms with E-state index in [2.05, 4.69) is 0 Å². The second-order valence-electron chi connectivity index (χ2n) is 2.97. The largest absolute Gasteiger partial charge is 0.496 e. The lowest BCUT2D eigenvalue weighted by atomic mass is 10.1. The Hall–Kier alpha value is -0.930. The molecule has 0 saturated heterocycles. The lowest BCUT2D eigenvalue weighted by Crippen LogP contribution is -2.16. The summed E-state index contributed by atoms with van der Waals surface area (Å²) < 4.78 is 5.07. The molecule has 0 bridgehead atoms. The number of alkyl halides is 1. The van der Waals surface area contributed by atoms with Gasteiger partial charge in [0, 0.05) is 11.4 Å². The summed E-state index contributed by atoms with van der Waals surface area (Å²) in [5.41, 5.74) is 0.687. The van der Waals surface area contributed by atoms with E-state index in [1.54, 1.807) is 18.2 Å². The molecule has 0 amide bonds. The number of carboxylic acid groups (broad SMARTS) is 1. The highest BCUT2D eigenvalue weighted by Gasteiger charge is 2.16. The smallest absolute Gasteiger partial charge is 0.321 e. The van der Waals surface area contributed by atoms with Gasteiger partial charge in [-0.15, -0.1) is 11.6 Å². The van der Waals surface area contributed by atoms with Crippen molar-refractivity contribution >= 4 is 29.2 Å². The van der Waals surface area contributed by atoms with Gasteiger partial charge < -0.3 is 9.84 Å². The van der Waals surface area contributed by atoms with Crippen LogP contribution in [0.4, 0.5) is 0 Å². The predicted octanol–water partition coefficient (Wildman–Crippen LogP) is 2.58. The second-order valence-corrected chi connectivity index (χ2v) is 3.93. The molecule has 0 heterocycles. The highest BCUT2D eigenvalue weighted by molar-refractivity contribution is 6.31. The van der Waals surface area contributed by atoms with Gasteiger partial charge in [0.2, 0.25) is 0 Å². The molecule has 1 aromatic rings. The van der Waals surface area contributed by atoms with Gasteiger partial charge in [-0.1, -0.05) is 11.6 Å². The van der Waals surface area contributed by atoms with Crippen molar-refractivity contribution in [2.24, 2.45) is 0 Å². The first kappa shape index (κ1) is 12.1. The number of hydrogen-bond donors (Lipinski definition) is 1. The fourth-order valence-electron chi connectivity index (χ4n) is 1.19. The fourth-order valence-corrected chi connectivity index (χ4v) is 1.55. The Labute approximate surface area is 97.6 Å². The summed E-state index contributed by atoms with van der Waals surface area (Å²) in [5, 5.41) is 8.22. The summed E-state index contributed by atoms with van der Waals surface area (Å²) >= 11 is 11.4. The third-order valence-electron chi connectivity index (χ3n) is 1.91. The van der Waals surface area contributed by atoms with Gasteiger partial charge in [0.05, 0.1) is 7.11 Å². The van der Waals surface area contributed by atoms with Gasteiger partial charge in [-0.05, 0) is 23.8 Å². The normalized spacial score (nSPS) is 12.2. The van der Waals surface area contributed by atoms with Gasteiger partial charge in [-0.2, -0.15) is 0 Å². The van der Waals surface area contributed by atoms with Crippen LogP contribution < -0.4 is 4.74 Å². The molecule has 0 aliphatic heterocycles. The third kappa shape index (κ3) is 3.29. The van der Waals surface area contributed by atoms with Gasteiger partial charge in [0.25, 0.3) is 0 Å². The molecular weight excluding hydrogens is 239 g/mol. The summed E-state index contributed by atoms with van der Waals surface area (Å²) in [4.78, 5) is 10.6. The molecule has 0 radical (unpaired) electrons. The van der Waals surface area contributed by atoms with Crippen molar-refractivity contribution < 1.29 is 14.6 Å². The van der Waals surface area contributed by atoms with E-state index in [1.807, 2.05) is 0 Å². The number of hydrogen-bond acceptors (Lipinski definition) is 2. The van der Waals surface area contributed by atoms with Crippen LogP contribution in [-0.4, -0.2) is 23.6 Å². The van der Waals surface area contributed by atoms with Crippen LogP contribution in [0.2, 0.25) is 5.02 Å². The summed E-state index contributed by atoms with van der Waals surface area (Å²) in [5.74, 6) is -0.468. The van der Waals surface area contributed by atoms with E-state index in [-0.39, 0.29) is 6.42 Å². The standard InChI is InChI=1S/C10H10Cl2O3/c1-15-9-3-2-7(11)4-6(9)5-8(12)10(13)14/h2-4,8H,5H2,1H3,(H,13,14). The fraction of sp³-hybridized carbons (Fsp3) is 0.300. The minimum absolute atomic E-state index is 0.181. The average Bonchev–Trinajstić information content (AvgIpc) is 2.18. The number of carboxylic acids is 1. The van der Waals surface area contributed by atoms with E-state index in [0.29, 0.717) is 16.3 Å². The minimum Gasteiger partial charge on any atom is -0.496 e. The van der Waals surface area contributed by atoms with E-state index < -0.39 is 11.3 Å². The summed E-state index contributed by atoms with van der Waals surface area (Å²) in [6.07, 6.45) is 0.181. The van der Waals surface area contributed by atoms with E-state index in [0.717, 1.165) is 0 Å². The van der Waals surface area contributed by atoms with E-state index in [4.69, 9.17) is 33.0 Å². The van der Waals surface area contributed by atoms with Crippen molar-refractivity contribution in [2.75, 3.05) is 7.11 Å². The second kappa shape index (κ2) is 5.24. The predicted molar refractivity (Wildman–Crippen MR) is 59.0 cm³/mol. The topological polar surface area (TPSA) is 46.5 Å². The van der Waals surface area contributed by atoms with E-state index >= 15 is 0 Å². The molecule has 0 aliphatic rings. The Balaban J connectivity index is 2.91. The molecule has 82 valence electrons. The van der Waals surface area contributed by atoms with Crippen molar-refractivity contribution in [3.63, 3.8) is 0 Å². The molecule has 0 saturated carbocycles. The van der Waals surface area contributed by atoms with Crippen molar-refractivity contribution in [3.8, 4) is 5.75 Å².